The van der Waals surface area contributed by atoms with Gasteiger partial charge < -0.3 is 9.80 Å². The minimum atomic E-state index is -0.633. The molecule has 0 spiro atoms. The molecule has 0 N–H and O–H groups in total. The first-order chi connectivity index (χ1) is 12.2. The number of carbonyl (C=O) groups is 1. The molecule has 2 aliphatic rings. The predicted molar refractivity (Wildman–Crippen MR) is 91.0 cm³/mol. The van der Waals surface area contributed by atoms with Gasteiger partial charge in [-0.05, 0) is 25.3 Å². The third kappa shape index (κ3) is 3.18. The van der Waals surface area contributed by atoms with Crippen molar-refractivity contribution in [2.75, 3.05) is 31.1 Å². The van der Waals surface area contributed by atoms with E-state index in [2.05, 4.69) is 19.9 Å². The number of hydrogen-bond donors (Lipinski definition) is 0. The number of aromatic nitrogens is 3. The third-order valence-electron chi connectivity index (χ3n) is 4.93. The van der Waals surface area contributed by atoms with E-state index in [4.69, 9.17) is 0 Å². The van der Waals surface area contributed by atoms with Crippen molar-refractivity contribution in [1.82, 2.24) is 19.9 Å². The van der Waals surface area contributed by atoms with Crippen LogP contribution in [0.5, 0.6) is 0 Å². The van der Waals surface area contributed by atoms with Gasteiger partial charge in [-0.25, -0.2) is 15.0 Å². The zero-order valence-electron chi connectivity index (χ0n) is 14.0. The number of rotatable bonds is 2. The normalized spacial score (nSPS) is 17.3. The lowest BCUT2D eigenvalue weighted by Gasteiger charge is -2.21. The number of pyridine rings is 1. The monoisotopic (exact) mass is 341 g/mol. The molecule has 2 aromatic rings. The van der Waals surface area contributed by atoms with E-state index in [1.165, 1.54) is 25.1 Å². The smallest absolute Gasteiger partial charge is 0.254 e. The van der Waals surface area contributed by atoms with Crippen LogP contribution in [0.15, 0.2) is 24.7 Å². The van der Waals surface area contributed by atoms with Gasteiger partial charge in [-0.2, -0.15) is 4.39 Å². The van der Waals surface area contributed by atoms with Gasteiger partial charge in [-0.15, -0.1) is 0 Å². The van der Waals surface area contributed by atoms with Gasteiger partial charge in [-0.1, -0.05) is 0 Å². The molecule has 0 atom stereocenters. The van der Waals surface area contributed by atoms with Crippen LogP contribution < -0.4 is 4.90 Å². The Hall–Kier alpha value is -2.57. The van der Waals surface area contributed by atoms with Gasteiger partial charge in [0.15, 0.2) is 0 Å². The molecule has 0 aromatic carbocycles. The van der Waals surface area contributed by atoms with Crippen LogP contribution in [0.25, 0.3) is 0 Å². The number of halogens is 1. The van der Waals surface area contributed by atoms with E-state index in [1.54, 1.807) is 17.3 Å². The van der Waals surface area contributed by atoms with Crippen LogP contribution in [0.1, 0.15) is 34.5 Å². The van der Waals surface area contributed by atoms with Gasteiger partial charge in [0.25, 0.3) is 5.91 Å². The van der Waals surface area contributed by atoms with Crippen molar-refractivity contribution >= 4 is 11.7 Å². The van der Waals surface area contributed by atoms with Gasteiger partial charge >= 0.3 is 0 Å². The molecule has 0 unspecified atom stereocenters. The second kappa shape index (κ2) is 6.74. The lowest BCUT2D eigenvalue weighted by atomic mass is 10.1. The molecule has 4 heterocycles. The minimum Gasteiger partial charge on any atom is -0.356 e. The van der Waals surface area contributed by atoms with Crippen LogP contribution in [0.3, 0.4) is 0 Å². The first kappa shape index (κ1) is 15.9. The van der Waals surface area contributed by atoms with Crippen molar-refractivity contribution in [2.45, 2.75) is 25.7 Å². The summed E-state index contributed by atoms with van der Waals surface area (Å²) in [6.45, 7) is 3.22. The summed E-state index contributed by atoms with van der Waals surface area (Å²) >= 11 is 0. The van der Waals surface area contributed by atoms with E-state index in [1.807, 2.05) is 0 Å². The number of carbonyl (C=O) groups excluding carboxylic acids is 1. The maximum Gasteiger partial charge on any atom is 0.254 e. The SMILES string of the molecule is O=C(c1ccnc(F)c1)N1CCc2ncnc(N3CCCC3)c2CC1. The maximum absolute atomic E-state index is 13.3. The number of nitrogens with zero attached hydrogens (tertiary/aromatic N) is 5. The van der Waals surface area contributed by atoms with Crippen LogP contribution >= 0.6 is 0 Å². The molecule has 1 amide bonds. The zero-order valence-corrected chi connectivity index (χ0v) is 14.0. The van der Waals surface area contributed by atoms with Gasteiger partial charge in [0.2, 0.25) is 5.95 Å². The lowest BCUT2D eigenvalue weighted by Crippen LogP contribution is -2.33. The Morgan fingerprint density at radius 2 is 1.84 bits per heavy atom. The summed E-state index contributed by atoms with van der Waals surface area (Å²) in [6, 6.07) is 2.74. The molecule has 2 aliphatic heterocycles. The summed E-state index contributed by atoms with van der Waals surface area (Å²) in [5.74, 6) is 0.225. The zero-order chi connectivity index (χ0) is 17.2. The van der Waals surface area contributed by atoms with Crippen molar-refractivity contribution in [2.24, 2.45) is 0 Å². The number of hydrogen-bond acceptors (Lipinski definition) is 5. The Labute approximate surface area is 145 Å². The number of amides is 1. The second-order valence-corrected chi connectivity index (χ2v) is 6.48. The summed E-state index contributed by atoms with van der Waals surface area (Å²) in [7, 11) is 0. The summed E-state index contributed by atoms with van der Waals surface area (Å²) in [6.07, 6.45) is 6.75. The molecule has 25 heavy (non-hydrogen) atoms. The largest absolute Gasteiger partial charge is 0.356 e. The van der Waals surface area contributed by atoms with Gasteiger partial charge in [0.1, 0.15) is 12.1 Å². The third-order valence-corrected chi connectivity index (χ3v) is 4.93. The lowest BCUT2D eigenvalue weighted by molar-refractivity contribution is 0.0762. The molecule has 7 heteroatoms. The molecule has 1 fully saturated rings. The highest BCUT2D eigenvalue weighted by molar-refractivity contribution is 5.94. The van der Waals surface area contributed by atoms with Gasteiger partial charge in [-0.3, -0.25) is 4.79 Å². The van der Waals surface area contributed by atoms with Crippen molar-refractivity contribution in [3.05, 3.63) is 47.4 Å². The Balaban J connectivity index is 1.55. The molecule has 1 saturated heterocycles. The fourth-order valence-corrected chi connectivity index (χ4v) is 3.63. The van der Waals surface area contributed by atoms with Crippen LogP contribution in [0.4, 0.5) is 10.2 Å². The highest BCUT2D eigenvalue weighted by Gasteiger charge is 2.25. The molecule has 6 nitrogen and oxygen atoms in total. The van der Waals surface area contributed by atoms with Gasteiger partial charge in [0, 0.05) is 56.0 Å². The fourth-order valence-electron chi connectivity index (χ4n) is 3.63. The highest BCUT2D eigenvalue weighted by Crippen LogP contribution is 2.26. The maximum atomic E-state index is 13.3. The average molecular weight is 341 g/mol. The van der Waals surface area contributed by atoms with Gasteiger partial charge in [0.05, 0.1) is 5.69 Å². The van der Waals surface area contributed by atoms with Crippen LogP contribution in [-0.4, -0.2) is 51.9 Å². The first-order valence-corrected chi connectivity index (χ1v) is 8.71. The molecule has 4 rings (SSSR count). The summed E-state index contributed by atoms with van der Waals surface area (Å²) < 4.78 is 13.3. The quantitative estimate of drug-likeness (QED) is 0.780. The molecule has 2 aromatic heterocycles. The number of anilines is 1. The molecule has 0 aliphatic carbocycles. The second-order valence-electron chi connectivity index (χ2n) is 6.48. The Morgan fingerprint density at radius 1 is 1.04 bits per heavy atom. The predicted octanol–water partition coefficient (Wildman–Crippen LogP) is 1.85. The van der Waals surface area contributed by atoms with Crippen molar-refractivity contribution < 1.29 is 9.18 Å². The topological polar surface area (TPSA) is 62.2 Å². The van der Waals surface area contributed by atoms with E-state index in [0.717, 1.165) is 36.6 Å². The Kier molecular flexibility index (Phi) is 4.29. The standard InChI is InChI=1S/C18H20FN5O/c19-16-11-13(3-6-20-16)18(25)24-9-4-14-15(5-10-24)21-12-22-17(14)23-7-1-2-8-23/h3,6,11-12H,1-2,4-5,7-10H2. The molecular formula is C18H20FN5O. The highest BCUT2D eigenvalue weighted by atomic mass is 19.1. The van der Waals surface area contributed by atoms with Crippen molar-refractivity contribution in [3.63, 3.8) is 0 Å². The van der Waals surface area contributed by atoms with E-state index in [9.17, 15) is 9.18 Å². The van der Waals surface area contributed by atoms with E-state index in [0.29, 0.717) is 25.1 Å². The Bertz CT molecular complexity index is 791. The molecule has 0 bridgehead atoms. The van der Waals surface area contributed by atoms with E-state index < -0.39 is 5.95 Å². The van der Waals surface area contributed by atoms with E-state index in [-0.39, 0.29) is 5.91 Å². The minimum absolute atomic E-state index is 0.162. The first-order valence-electron chi connectivity index (χ1n) is 8.71. The van der Waals surface area contributed by atoms with Crippen LogP contribution in [0, 0.1) is 5.95 Å². The molecule has 0 radical (unpaired) electrons. The average Bonchev–Trinajstić information content (AvgIpc) is 3.07. The molecular weight excluding hydrogens is 321 g/mol. The summed E-state index contributed by atoms with van der Waals surface area (Å²) in [5.41, 5.74) is 2.51. The summed E-state index contributed by atoms with van der Waals surface area (Å²) in [5, 5.41) is 0. The fraction of sp³-hybridized carbons (Fsp3) is 0.444. The van der Waals surface area contributed by atoms with Crippen LogP contribution in [0.2, 0.25) is 0 Å². The Morgan fingerprint density at radius 3 is 2.64 bits per heavy atom. The number of fused-ring (bicyclic) bond motifs is 1. The van der Waals surface area contributed by atoms with Crippen molar-refractivity contribution in [1.29, 1.82) is 0 Å². The van der Waals surface area contributed by atoms with E-state index >= 15 is 0 Å². The summed E-state index contributed by atoms with van der Waals surface area (Å²) in [4.78, 5) is 29.2. The van der Waals surface area contributed by atoms with Crippen LogP contribution in [-0.2, 0) is 12.8 Å². The molecule has 130 valence electrons. The molecule has 0 saturated carbocycles. The van der Waals surface area contributed by atoms with Crippen molar-refractivity contribution in [3.8, 4) is 0 Å².